The van der Waals surface area contributed by atoms with Gasteiger partial charge in [0.15, 0.2) is 0 Å². The Bertz CT molecular complexity index is 337. The largest absolute Gasteiger partial charge is 0.304 e. The lowest BCUT2D eigenvalue weighted by Crippen LogP contribution is -2.47. The SMILES string of the molecule is Cc1cc(C)nc(NN2CCN(C)CC2)n1. The highest BCUT2D eigenvalue weighted by atomic mass is 15.6. The average molecular weight is 221 g/mol. The second kappa shape index (κ2) is 4.76. The number of likely N-dealkylation sites (N-methyl/N-ethyl adjacent to an activating group) is 1. The molecule has 0 aromatic carbocycles. The fourth-order valence-corrected chi connectivity index (χ4v) is 1.84. The van der Waals surface area contributed by atoms with E-state index in [1.54, 1.807) is 0 Å². The number of hydrazine groups is 1. The van der Waals surface area contributed by atoms with Crippen molar-refractivity contribution in [1.29, 1.82) is 0 Å². The van der Waals surface area contributed by atoms with E-state index in [4.69, 9.17) is 0 Å². The first-order valence-corrected chi connectivity index (χ1v) is 5.66. The number of aryl methyl sites for hydroxylation is 2. The lowest BCUT2D eigenvalue weighted by molar-refractivity contribution is 0.178. The molecule has 1 aromatic heterocycles. The van der Waals surface area contributed by atoms with Gasteiger partial charge in [-0.05, 0) is 27.0 Å². The van der Waals surface area contributed by atoms with Gasteiger partial charge in [0.1, 0.15) is 0 Å². The lowest BCUT2D eigenvalue weighted by atomic mass is 10.3. The normalized spacial score (nSPS) is 18.7. The maximum Gasteiger partial charge on any atom is 0.237 e. The van der Waals surface area contributed by atoms with Gasteiger partial charge < -0.3 is 4.90 Å². The number of anilines is 1. The van der Waals surface area contributed by atoms with Crippen LogP contribution in [0.25, 0.3) is 0 Å². The highest BCUT2D eigenvalue weighted by Gasteiger charge is 2.14. The van der Waals surface area contributed by atoms with Crippen LogP contribution < -0.4 is 5.43 Å². The third-order valence-corrected chi connectivity index (χ3v) is 2.74. The molecule has 5 heteroatoms. The molecule has 5 nitrogen and oxygen atoms in total. The smallest absolute Gasteiger partial charge is 0.237 e. The number of nitrogens with zero attached hydrogens (tertiary/aromatic N) is 4. The van der Waals surface area contributed by atoms with Gasteiger partial charge in [-0.1, -0.05) is 0 Å². The van der Waals surface area contributed by atoms with Gasteiger partial charge in [0.25, 0.3) is 0 Å². The summed E-state index contributed by atoms with van der Waals surface area (Å²) in [6, 6.07) is 1.98. The monoisotopic (exact) mass is 221 g/mol. The first kappa shape index (κ1) is 11.3. The Morgan fingerprint density at radius 3 is 2.19 bits per heavy atom. The Morgan fingerprint density at radius 1 is 1.06 bits per heavy atom. The predicted molar refractivity (Wildman–Crippen MR) is 64.2 cm³/mol. The van der Waals surface area contributed by atoms with E-state index in [9.17, 15) is 0 Å². The van der Waals surface area contributed by atoms with Crippen LogP contribution >= 0.6 is 0 Å². The molecule has 0 aliphatic carbocycles. The van der Waals surface area contributed by atoms with E-state index >= 15 is 0 Å². The Labute approximate surface area is 96.5 Å². The minimum Gasteiger partial charge on any atom is -0.304 e. The zero-order valence-electron chi connectivity index (χ0n) is 10.2. The second-order valence-corrected chi connectivity index (χ2v) is 4.38. The lowest BCUT2D eigenvalue weighted by Gasteiger charge is -2.32. The van der Waals surface area contributed by atoms with Gasteiger partial charge in [-0.2, -0.15) is 0 Å². The topological polar surface area (TPSA) is 44.3 Å². The molecule has 0 bridgehead atoms. The number of rotatable bonds is 2. The van der Waals surface area contributed by atoms with Crippen molar-refractivity contribution < 1.29 is 0 Å². The summed E-state index contributed by atoms with van der Waals surface area (Å²) >= 11 is 0. The first-order valence-electron chi connectivity index (χ1n) is 5.66. The Kier molecular flexibility index (Phi) is 3.36. The van der Waals surface area contributed by atoms with Gasteiger partial charge in [-0.15, -0.1) is 0 Å². The van der Waals surface area contributed by atoms with Gasteiger partial charge >= 0.3 is 0 Å². The number of nitrogens with one attached hydrogen (secondary N) is 1. The van der Waals surface area contributed by atoms with Gasteiger partial charge in [-0.25, -0.2) is 15.0 Å². The van der Waals surface area contributed by atoms with Gasteiger partial charge in [-0.3, -0.25) is 5.43 Å². The maximum absolute atomic E-state index is 4.37. The standard InChI is InChI=1S/C11H19N5/c1-9-8-10(2)13-11(12-9)14-16-6-4-15(3)5-7-16/h8H,4-7H2,1-3H3,(H,12,13,14). The molecule has 1 aliphatic heterocycles. The molecule has 1 aromatic rings. The zero-order valence-corrected chi connectivity index (χ0v) is 10.2. The predicted octanol–water partition coefficient (Wildman–Crippen LogP) is 0.668. The van der Waals surface area contributed by atoms with Crippen LogP contribution in [-0.2, 0) is 0 Å². The highest BCUT2D eigenvalue weighted by Crippen LogP contribution is 2.06. The first-order chi connectivity index (χ1) is 7.63. The van der Waals surface area contributed by atoms with Crippen LogP contribution in [0, 0.1) is 13.8 Å². The van der Waals surface area contributed by atoms with Crippen molar-refractivity contribution in [2.24, 2.45) is 0 Å². The number of hydrogen-bond acceptors (Lipinski definition) is 5. The number of hydrogen-bond donors (Lipinski definition) is 1. The zero-order chi connectivity index (χ0) is 11.5. The molecular formula is C11H19N5. The Hall–Kier alpha value is -1.20. The van der Waals surface area contributed by atoms with Crippen LogP contribution in [-0.4, -0.2) is 53.1 Å². The molecule has 1 fully saturated rings. The van der Waals surface area contributed by atoms with Crippen molar-refractivity contribution in [2.75, 3.05) is 38.7 Å². The van der Waals surface area contributed by atoms with Crippen molar-refractivity contribution in [1.82, 2.24) is 19.9 Å². The Morgan fingerprint density at radius 2 is 1.62 bits per heavy atom. The van der Waals surface area contributed by atoms with Crippen LogP contribution in [0.3, 0.4) is 0 Å². The van der Waals surface area contributed by atoms with Crippen molar-refractivity contribution in [3.63, 3.8) is 0 Å². The van der Waals surface area contributed by atoms with E-state index in [2.05, 4.69) is 32.4 Å². The molecule has 0 atom stereocenters. The van der Waals surface area contributed by atoms with Crippen LogP contribution in [0.5, 0.6) is 0 Å². The third kappa shape index (κ3) is 2.90. The Balaban J connectivity index is 1.98. The quantitative estimate of drug-likeness (QED) is 0.795. The molecule has 2 rings (SSSR count). The molecule has 2 heterocycles. The number of aromatic nitrogens is 2. The summed E-state index contributed by atoms with van der Waals surface area (Å²) in [6.45, 7) is 8.16. The minimum absolute atomic E-state index is 0.710. The maximum atomic E-state index is 4.37. The van der Waals surface area contributed by atoms with Gasteiger partial charge in [0, 0.05) is 37.6 Å². The summed E-state index contributed by atoms with van der Waals surface area (Å²) in [6.07, 6.45) is 0. The van der Waals surface area contributed by atoms with E-state index in [1.165, 1.54) is 0 Å². The van der Waals surface area contributed by atoms with Crippen molar-refractivity contribution >= 4 is 5.95 Å². The van der Waals surface area contributed by atoms with Crippen LogP contribution in [0.2, 0.25) is 0 Å². The molecule has 0 radical (unpaired) electrons. The second-order valence-electron chi connectivity index (χ2n) is 4.38. The van der Waals surface area contributed by atoms with Crippen LogP contribution in [0.15, 0.2) is 6.07 Å². The van der Waals surface area contributed by atoms with E-state index in [0.717, 1.165) is 37.6 Å². The summed E-state index contributed by atoms with van der Waals surface area (Å²) in [5, 5.41) is 2.17. The fourth-order valence-electron chi connectivity index (χ4n) is 1.84. The van der Waals surface area contributed by atoms with E-state index in [-0.39, 0.29) is 0 Å². The molecule has 88 valence electrons. The van der Waals surface area contributed by atoms with Crippen molar-refractivity contribution in [2.45, 2.75) is 13.8 Å². The van der Waals surface area contributed by atoms with Crippen LogP contribution in [0.1, 0.15) is 11.4 Å². The van der Waals surface area contributed by atoms with E-state index in [0.29, 0.717) is 5.95 Å². The summed E-state index contributed by atoms with van der Waals surface area (Å²) in [4.78, 5) is 11.1. The summed E-state index contributed by atoms with van der Waals surface area (Å²) in [7, 11) is 2.14. The van der Waals surface area contributed by atoms with Crippen molar-refractivity contribution in [3.8, 4) is 0 Å². The minimum atomic E-state index is 0.710. The molecule has 0 amide bonds. The molecule has 16 heavy (non-hydrogen) atoms. The third-order valence-electron chi connectivity index (χ3n) is 2.74. The van der Waals surface area contributed by atoms with Crippen LogP contribution in [0.4, 0.5) is 5.95 Å². The summed E-state index contributed by atoms with van der Waals surface area (Å²) in [5.41, 5.74) is 5.28. The molecular weight excluding hydrogens is 202 g/mol. The van der Waals surface area contributed by atoms with Crippen molar-refractivity contribution in [3.05, 3.63) is 17.5 Å². The van der Waals surface area contributed by atoms with E-state index < -0.39 is 0 Å². The molecule has 0 spiro atoms. The molecule has 0 unspecified atom stereocenters. The molecule has 1 aliphatic rings. The molecule has 1 N–H and O–H groups in total. The highest BCUT2D eigenvalue weighted by molar-refractivity contribution is 5.26. The number of piperazine rings is 1. The average Bonchev–Trinajstić information content (AvgIpc) is 2.20. The van der Waals surface area contributed by atoms with E-state index in [1.807, 2.05) is 19.9 Å². The van der Waals surface area contributed by atoms with Gasteiger partial charge in [0.05, 0.1) is 0 Å². The van der Waals surface area contributed by atoms with Gasteiger partial charge in [0.2, 0.25) is 5.95 Å². The summed E-state index contributed by atoms with van der Waals surface area (Å²) < 4.78 is 0. The molecule has 0 saturated carbocycles. The molecule has 1 saturated heterocycles. The summed E-state index contributed by atoms with van der Waals surface area (Å²) in [5.74, 6) is 0.710. The fraction of sp³-hybridized carbons (Fsp3) is 0.636.